The summed E-state index contributed by atoms with van der Waals surface area (Å²) in [4.78, 5) is 30.7. The van der Waals surface area contributed by atoms with Crippen LogP contribution in [0.3, 0.4) is 0 Å². The number of nitrogens with two attached hydrogens (primary N) is 1. The van der Waals surface area contributed by atoms with Crippen LogP contribution in [-0.4, -0.2) is 39.0 Å². The van der Waals surface area contributed by atoms with Gasteiger partial charge in [-0.15, -0.1) is 0 Å². The van der Waals surface area contributed by atoms with Gasteiger partial charge >= 0.3 is 5.97 Å². The van der Waals surface area contributed by atoms with Crippen molar-refractivity contribution in [2.45, 2.75) is 24.9 Å². The molecule has 0 aliphatic carbocycles. The van der Waals surface area contributed by atoms with Crippen molar-refractivity contribution in [1.82, 2.24) is 15.3 Å². The molecule has 0 aliphatic rings. The molecule has 4 rings (SSSR count). The van der Waals surface area contributed by atoms with Crippen LogP contribution >= 0.6 is 0 Å². The lowest BCUT2D eigenvalue weighted by Crippen LogP contribution is -2.50. The number of carboxylic acid groups (broad SMARTS) is 1. The number of nitrogens with zero attached hydrogens (tertiary/aromatic N) is 2. The largest absolute Gasteiger partial charge is 0.480 e. The fourth-order valence-electron chi connectivity index (χ4n) is 4.05. The molecule has 0 bridgehead atoms. The van der Waals surface area contributed by atoms with Crippen LogP contribution in [0.15, 0.2) is 48.8 Å². The van der Waals surface area contributed by atoms with E-state index in [1.807, 2.05) is 6.07 Å². The van der Waals surface area contributed by atoms with Crippen LogP contribution in [0.25, 0.3) is 21.8 Å². The van der Waals surface area contributed by atoms with Crippen LogP contribution in [0.1, 0.15) is 22.3 Å². The Labute approximate surface area is 188 Å². The fourth-order valence-corrected chi connectivity index (χ4v) is 4.05. The average Bonchev–Trinajstić information content (AvgIpc) is 3.42. The summed E-state index contributed by atoms with van der Waals surface area (Å²) in [6, 6.07) is 12.4. The quantitative estimate of drug-likeness (QED) is 0.294. The predicted octanol–water partition coefficient (Wildman–Crippen LogP) is 2.07. The van der Waals surface area contributed by atoms with Crippen LogP contribution in [0.4, 0.5) is 0 Å². The van der Waals surface area contributed by atoms with Crippen LogP contribution in [0.5, 0.6) is 0 Å². The second-order valence-corrected chi connectivity index (χ2v) is 7.72. The molecule has 0 spiro atoms. The first-order valence-corrected chi connectivity index (χ1v) is 10.2. The Hall–Kier alpha value is -4.60. The molecule has 0 fully saturated rings. The van der Waals surface area contributed by atoms with Gasteiger partial charge in [-0.25, -0.2) is 4.79 Å². The Kier molecular flexibility index (Phi) is 5.81. The highest BCUT2D eigenvalue weighted by molar-refractivity contribution is 5.92. The number of carbonyl (C=O) groups is 2. The summed E-state index contributed by atoms with van der Waals surface area (Å²) < 4.78 is 0. The van der Waals surface area contributed by atoms with Gasteiger partial charge in [0.15, 0.2) is 0 Å². The predicted molar refractivity (Wildman–Crippen MR) is 121 cm³/mol. The van der Waals surface area contributed by atoms with E-state index in [0.717, 1.165) is 5.52 Å². The lowest BCUT2D eigenvalue weighted by Gasteiger charge is -2.18. The maximum absolute atomic E-state index is 12.8. The van der Waals surface area contributed by atoms with Gasteiger partial charge in [-0.05, 0) is 41.8 Å². The maximum atomic E-state index is 12.8. The van der Waals surface area contributed by atoms with Gasteiger partial charge in [0.2, 0.25) is 5.91 Å². The van der Waals surface area contributed by atoms with E-state index in [-0.39, 0.29) is 12.8 Å². The van der Waals surface area contributed by atoms with Gasteiger partial charge < -0.3 is 26.1 Å². The van der Waals surface area contributed by atoms with E-state index in [0.29, 0.717) is 38.5 Å². The van der Waals surface area contributed by atoms with E-state index < -0.39 is 24.0 Å². The lowest BCUT2D eigenvalue weighted by atomic mass is 10.00. The van der Waals surface area contributed by atoms with Gasteiger partial charge in [0.05, 0.1) is 29.3 Å². The maximum Gasteiger partial charge on any atom is 0.326 e. The third kappa shape index (κ3) is 4.13. The minimum absolute atomic E-state index is 0.0157. The highest BCUT2D eigenvalue weighted by Gasteiger charge is 2.26. The second-order valence-electron chi connectivity index (χ2n) is 7.72. The standard InChI is InChI=1S/C24H20N6O3/c25-9-13-3-1-5-18-21(13)15(11-28-18)7-17(27)23(31)30-20(24(32)33)8-16-12-29-19-6-2-4-14(10-26)22(16)19/h1-6,11-12,17,20,28-29H,7-8,27H2,(H,30,31)(H,32,33)/t17-,20-/m0/s1. The highest BCUT2D eigenvalue weighted by atomic mass is 16.4. The molecule has 2 atom stereocenters. The third-order valence-electron chi connectivity index (χ3n) is 5.63. The Balaban J connectivity index is 1.52. The Morgan fingerprint density at radius 2 is 1.45 bits per heavy atom. The minimum Gasteiger partial charge on any atom is -0.480 e. The SMILES string of the molecule is N#Cc1cccc2[nH]cc(C[C@H](NC(=O)[C@@H](N)Cc3c[nH]c4cccc(C#N)c34)C(=O)O)c12. The average molecular weight is 440 g/mol. The van der Waals surface area contributed by atoms with Crippen molar-refractivity contribution >= 4 is 33.7 Å². The molecule has 0 aliphatic heterocycles. The van der Waals surface area contributed by atoms with Crippen molar-refractivity contribution in [2.24, 2.45) is 5.73 Å². The molecule has 6 N–H and O–H groups in total. The number of fused-ring (bicyclic) bond motifs is 2. The monoisotopic (exact) mass is 440 g/mol. The third-order valence-corrected chi connectivity index (χ3v) is 5.63. The number of amides is 1. The summed E-state index contributed by atoms with van der Waals surface area (Å²) in [7, 11) is 0. The topological polar surface area (TPSA) is 172 Å². The molecule has 1 amide bonds. The number of benzene rings is 2. The van der Waals surface area contributed by atoms with Crippen LogP contribution in [0, 0.1) is 22.7 Å². The van der Waals surface area contributed by atoms with Crippen molar-refractivity contribution < 1.29 is 14.7 Å². The zero-order valence-electron chi connectivity index (χ0n) is 17.4. The van der Waals surface area contributed by atoms with E-state index in [1.165, 1.54) is 0 Å². The fraction of sp³-hybridized carbons (Fsp3) is 0.167. The number of H-pyrrole nitrogens is 2. The van der Waals surface area contributed by atoms with E-state index in [9.17, 15) is 25.2 Å². The van der Waals surface area contributed by atoms with E-state index in [2.05, 4.69) is 27.4 Å². The summed E-state index contributed by atoms with van der Waals surface area (Å²) in [5, 5.41) is 32.3. The molecule has 0 unspecified atom stereocenters. The van der Waals surface area contributed by atoms with Gasteiger partial charge in [-0.1, -0.05) is 12.1 Å². The number of aromatic amines is 2. The van der Waals surface area contributed by atoms with Crippen molar-refractivity contribution in [3.8, 4) is 12.1 Å². The normalized spacial score (nSPS) is 12.7. The molecular weight excluding hydrogens is 420 g/mol. The summed E-state index contributed by atoms with van der Waals surface area (Å²) in [5.74, 6) is -1.83. The number of hydrogen-bond acceptors (Lipinski definition) is 5. The molecule has 2 aromatic heterocycles. The van der Waals surface area contributed by atoms with Gasteiger partial charge in [0, 0.05) is 40.6 Å². The van der Waals surface area contributed by atoms with Gasteiger partial charge in [-0.2, -0.15) is 10.5 Å². The first-order chi connectivity index (χ1) is 15.9. The van der Waals surface area contributed by atoms with Crippen molar-refractivity contribution in [1.29, 1.82) is 10.5 Å². The molecule has 2 heterocycles. The van der Waals surface area contributed by atoms with E-state index >= 15 is 0 Å². The Morgan fingerprint density at radius 1 is 0.939 bits per heavy atom. The molecule has 9 heteroatoms. The van der Waals surface area contributed by atoms with E-state index in [4.69, 9.17) is 5.73 Å². The number of carboxylic acids is 1. The number of rotatable bonds is 7. The van der Waals surface area contributed by atoms with Crippen LogP contribution < -0.4 is 11.1 Å². The first kappa shape index (κ1) is 21.6. The number of carbonyl (C=O) groups excluding carboxylic acids is 1. The van der Waals surface area contributed by atoms with Gasteiger partial charge in [0.25, 0.3) is 0 Å². The molecule has 164 valence electrons. The molecular formula is C24H20N6O3. The van der Waals surface area contributed by atoms with Crippen molar-refractivity contribution in [2.75, 3.05) is 0 Å². The number of aromatic nitrogens is 2. The number of nitriles is 2. The number of aliphatic carboxylic acids is 1. The molecule has 4 aromatic rings. The number of hydrogen-bond donors (Lipinski definition) is 5. The van der Waals surface area contributed by atoms with Crippen molar-refractivity contribution in [3.63, 3.8) is 0 Å². The zero-order valence-corrected chi connectivity index (χ0v) is 17.4. The van der Waals surface area contributed by atoms with Crippen molar-refractivity contribution in [3.05, 3.63) is 71.0 Å². The first-order valence-electron chi connectivity index (χ1n) is 10.2. The summed E-state index contributed by atoms with van der Waals surface area (Å²) in [6.45, 7) is 0. The summed E-state index contributed by atoms with van der Waals surface area (Å²) in [5.41, 5.74) is 9.76. The smallest absolute Gasteiger partial charge is 0.326 e. The summed E-state index contributed by atoms with van der Waals surface area (Å²) in [6.07, 6.45) is 3.45. The minimum atomic E-state index is -1.23. The van der Waals surface area contributed by atoms with Crippen LogP contribution in [-0.2, 0) is 22.4 Å². The second kappa shape index (κ2) is 8.87. The molecule has 9 nitrogen and oxygen atoms in total. The molecule has 0 radical (unpaired) electrons. The lowest BCUT2D eigenvalue weighted by molar-refractivity contribution is -0.141. The van der Waals surface area contributed by atoms with Crippen LogP contribution in [0.2, 0.25) is 0 Å². The molecule has 0 saturated carbocycles. The Morgan fingerprint density at radius 3 is 1.94 bits per heavy atom. The molecule has 33 heavy (non-hydrogen) atoms. The zero-order chi connectivity index (χ0) is 23.5. The summed E-state index contributed by atoms with van der Waals surface area (Å²) >= 11 is 0. The molecule has 0 saturated heterocycles. The highest BCUT2D eigenvalue weighted by Crippen LogP contribution is 2.24. The number of nitrogens with one attached hydrogen (secondary N) is 3. The van der Waals surface area contributed by atoms with Gasteiger partial charge in [0.1, 0.15) is 6.04 Å². The van der Waals surface area contributed by atoms with E-state index in [1.54, 1.807) is 42.7 Å². The molecule has 2 aromatic carbocycles. The van der Waals surface area contributed by atoms with Gasteiger partial charge in [-0.3, -0.25) is 4.79 Å². The Bertz CT molecular complexity index is 1450.